The van der Waals surface area contributed by atoms with E-state index in [0.29, 0.717) is 28.9 Å². The summed E-state index contributed by atoms with van der Waals surface area (Å²) >= 11 is 0. The molecule has 2 aromatic heterocycles. The van der Waals surface area contributed by atoms with Crippen molar-refractivity contribution < 1.29 is 0 Å². The van der Waals surface area contributed by atoms with Crippen LogP contribution in [0.1, 0.15) is 18.1 Å². The Hall–Kier alpha value is -2.87. The number of nitrogens with one attached hydrogen (secondary N) is 1. The van der Waals surface area contributed by atoms with Crippen LogP contribution >= 0.6 is 0 Å². The van der Waals surface area contributed by atoms with E-state index >= 15 is 0 Å². The molecule has 0 spiro atoms. The fraction of sp³-hybridized carbons (Fsp3) is 0.133. The van der Waals surface area contributed by atoms with Crippen LogP contribution < -0.4 is 5.56 Å². The first-order valence-corrected chi connectivity index (χ1v) is 6.34. The third kappa shape index (κ3) is 1.70. The van der Waals surface area contributed by atoms with E-state index in [1.54, 1.807) is 0 Å². The van der Waals surface area contributed by atoms with Crippen LogP contribution in [0.5, 0.6) is 0 Å². The molecule has 0 saturated heterocycles. The first-order chi connectivity index (χ1) is 9.76. The lowest BCUT2D eigenvalue weighted by Crippen LogP contribution is -2.21. The highest BCUT2D eigenvalue weighted by Gasteiger charge is 2.15. The number of rotatable bonds is 2. The highest BCUT2D eigenvalue weighted by molar-refractivity contribution is 5.67. The van der Waals surface area contributed by atoms with E-state index in [2.05, 4.69) is 10.1 Å². The quantitative estimate of drug-likeness (QED) is 0.770. The zero-order chi connectivity index (χ0) is 14.1. The maximum Gasteiger partial charge on any atom is 0.276 e. The van der Waals surface area contributed by atoms with Gasteiger partial charge in [-0.25, -0.2) is 9.50 Å². The fourth-order valence-electron chi connectivity index (χ4n) is 2.29. The van der Waals surface area contributed by atoms with Gasteiger partial charge in [-0.1, -0.05) is 37.3 Å². The van der Waals surface area contributed by atoms with Gasteiger partial charge in [0.1, 0.15) is 11.6 Å². The molecule has 0 aliphatic carbocycles. The van der Waals surface area contributed by atoms with E-state index in [1.165, 1.54) is 10.7 Å². The molecule has 0 saturated carbocycles. The molecule has 5 nitrogen and oxygen atoms in total. The second-order valence-electron chi connectivity index (χ2n) is 4.42. The Morgan fingerprint density at radius 2 is 2.10 bits per heavy atom. The van der Waals surface area contributed by atoms with Crippen LogP contribution in [0.15, 0.2) is 41.3 Å². The van der Waals surface area contributed by atoms with E-state index in [4.69, 9.17) is 5.26 Å². The van der Waals surface area contributed by atoms with Crippen molar-refractivity contribution in [2.45, 2.75) is 13.3 Å². The van der Waals surface area contributed by atoms with Crippen LogP contribution in [0.2, 0.25) is 0 Å². The second-order valence-corrected chi connectivity index (χ2v) is 4.42. The minimum absolute atomic E-state index is 0.155. The zero-order valence-electron chi connectivity index (χ0n) is 10.9. The van der Waals surface area contributed by atoms with Gasteiger partial charge in [-0.05, 0) is 6.42 Å². The van der Waals surface area contributed by atoms with E-state index < -0.39 is 0 Å². The van der Waals surface area contributed by atoms with Crippen molar-refractivity contribution in [3.8, 4) is 17.3 Å². The number of fused-ring (bicyclic) bond motifs is 1. The summed E-state index contributed by atoms with van der Waals surface area (Å²) in [4.78, 5) is 17.0. The fourth-order valence-corrected chi connectivity index (χ4v) is 2.29. The highest BCUT2D eigenvalue weighted by Crippen LogP contribution is 2.21. The average molecular weight is 264 g/mol. The van der Waals surface area contributed by atoms with Crippen molar-refractivity contribution in [2.24, 2.45) is 0 Å². The number of hydrogen-bond donors (Lipinski definition) is 1. The molecule has 0 aliphatic heterocycles. The number of hydrogen-bond acceptors (Lipinski definition) is 3. The van der Waals surface area contributed by atoms with Gasteiger partial charge in [0.25, 0.3) is 5.56 Å². The molecule has 0 amide bonds. The number of benzene rings is 1. The van der Waals surface area contributed by atoms with Crippen LogP contribution in [-0.4, -0.2) is 14.6 Å². The molecule has 3 aromatic rings. The Kier molecular flexibility index (Phi) is 2.84. The molecule has 0 fully saturated rings. The molecule has 0 bridgehead atoms. The maximum absolute atomic E-state index is 12.5. The largest absolute Gasteiger partial charge is 0.295 e. The Bertz CT molecular complexity index is 869. The molecule has 5 heteroatoms. The van der Waals surface area contributed by atoms with Gasteiger partial charge < -0.3 is 0 Å². The van der Waals surface area contributed by atoms with Crippen molar-refractivity contribution in [3.63, 3.8) is 0 Å². The second kappa shape index (κ2) is 4.67. The molecule has 1 aromatic carbocycles. The van der Waals surface area contributed by atoms with Gasteiger partial charge in [-0.15, -0.1) is 0 Å². The lowest BCUT2D eigenvalue weighted by atomic mass is 10.1. The Balaban J connectivity index is 2.42. The first-order valence-electron chi connectivity index (χ1n) is 6.34. The number of H-pyrrole nitrogens is 1. The Labute approximate surface area is 115 Å². The number of nitriles is 1. The topological polar surface area (TPSA) is 73.9 Å². The third-order valence-corrected chi connectivity index (χ3v) is 3.28. The standard InChI is InChI=1S/C15H12N4O/c1-2-12-13(10-6-4-3-5-7-10)18-14-11(8-16)9-17-19(14)15(12)20/h3-7,9,17H,2H2,1H3. The number of aromatic amines is 1. The molecular formula is C15H12N4O. The molecule has 0 radical (unpaired) electrons. The van der Waals surface area contributed by atoms with Gasteiger partial charge in [-0.2, -0.15) is 5.26 Å². The SMILES string of the molecule is CCc1c(-c2ccccc2)nc2c(C#N)c[nH]n2c1=O. The predicted molar refractivity (Wildman–Crippen MR) is 75.3 cm³/mol. The smallest absolute Gasteiger partial charge is 0.276 e. The summed E-state index contributed by atoms with van der Waals surface area (Å²) in [6, 6.07) is 11.6. The summed E-state index contributed by atoms with van der Waals surface area (Å²) in [5.41, 5.74) is 2.75. The molecule has 98 valence electrons. The molecule has 1 N–H and O–H groups in total. The lowest BCUT2D eigenvalue weighted by molar-refractivity contribution is 0.870. The normalized spacial score (nSPS) is 10.6. The maximum atomic E-state index is 12.5. The Morgan fingerprint density at radius 1 is 1.35 bits per heavy atom. The summed E-state index contributed by atoms with van der Waals surface area (Å²) in [6.45, 7) is 1.92. The first kappa shape index (κ1) is 12.2. The van der Waals surface area contributed by atoms with Crippen molar-refractivity contribution in [2.75, 3.05) is 0 Å². The van der Waals surface area contributed by atoms with Crippen molar-refractivity contribution in [1.29, 1.82) is 5.26 Å². The van der Waals surface area contributed by atoms with E-state index in [9.17, 15) is 4.79 Å². The van der Waals surface area contributed by atoms with Crippen molar-refractivity contribution in [3.05, 3.63) is 58.0 Å². The van der Waals surface area contributed by atoms with E-state index in [-0.39, 0.29) is 5.56 Å². The minimum Gasteiger partial charge on any atom is -0.295 e. The van der Waals surface area contributed by atoms with Gasteiger partial charge in [-0.3, -0.25) is 9.89 Å². The van der Waals surface area contributed by atoms with Crippen molar-refractivity contribution >= 4 is 5.65 Å². The summed E-state index contributed by atoms with van der Waals surface area (Å²) in [5, 5.41) is 11.9. The monoisotopic (exact) mass is 264 g/mol. The minimum atomic E-state index is -0.155. The van der Waals surface area contributed by atoms with Crippen LogP contribution in [0, 0.1) is 11.3 Å². The molecule has 20 heavy (non-hydrogen) atoms. The van der Waals surface area contributed by atoms with Gasteiger partial charge >= 0.3 is 0 Å². The van der Waals surface area contributed by atoms with Gasteiger partial charge in [0.2, 0.25) is 0 Å². The van der Waals surface area contributed by atoms with Crippen LogP contribution in [0.4, 0.5) is 0 Å². The average Bonchev–Trinajstić information content (AvgIpc) is 2.91. The number of nitrogens with zero attached hydrogens (tertiary/aromatic N) is 3. The molecular weight excluding hydrogens is 252 g/mol. The zero-order valence-corrected chi connectivity index (χ0v) is 10.9. The van der Waals surface area contributed by atoms with Gasteiger partial charge in [0, 0.05) is 17.3 Å². The summed E-state index contributed by atoms with van der Waals surface area (Å²) in [5.74, 6) is 0. The third-order valence-electron chi connectivity index (χ3n) is 3.28. The molecule has 3 rings (SSSR count). The Morgan fingerprint density at radius 3 is 2.75 bits per heavy atom. The summed E-state index contributed by atoms with van der Waals surface area (Å²) in [7, 11) is 0. The predicted octanol–water partition coefficient (Wildman–Crippen LogP) is 2.12. The molecule has 0 atom stereocenters. The summed E-state index contributed by atoms with van der Waals surface area (Å²) < 4.78 is 1.32. The molecule has 0 unspecified atom stereocenters. The van der Waals surface area contributed by atoms with Crippen LogP contribution in [0.25, 0.3) is 16.9 Å². The van der Waals surface area contributed by atoms with Gasteiger partial charge in [0.15, 0.2) is 5.65 Å². The summed E-state index contributed by atoms with van der Waals surface area (Å²) in [6.07, 6.45) is 2.08. The van der Waals surface area contributed by atoms with E-state index in [0.717, 1.165) is 5.56 Å². The van der Waals surface area contributed by atoms with Crippen molar-refractivity contribution in [1.82, 2.24) is 14.6 Å². The van der Waals surface area contributed by atoms with Gasteiger partial charge in [0.05, 0.1) is 5.69 Å². The van der Waals surface area contributed by atoms with Crippen LogP contribution in [-0.2, 0) is 6.42 Å². The highest BCUT2D eigenvalue weighted by atomic mass is 16.1. The molecule has 2 heterocycles. The lowest BCUT2D eigenvalue weighted by Gasteiger charge is -2.07. The number of aromatic nitrogens is 3. The molecule has 0 aliphatic rings. The van der Waals surface area contributed by atoms with E-state index in [1.807, 2.05) is 43.3 Å². The van der Waals surface area contributed by atoms with Crippen LogP contribution in [0.3, 0.4) is 0 Å².